The van der Waals surface area contributed by atoms with Crippen molar-refractivity contribution in [2.24, 2.45) is 5.84 Å². The molecular formula is C17H26N2S. The Morgan fingerprint density at radius 3 is 2.65 bits per heavy atom. The number of rotatable bonds is 5. The molecule has 1 aromatic carbocycles. The Morgan fingerprint density at radius 2 is 1.90 bits per heavy atom. The van der Waals surface area contributed by atoms with Gasteiger partial charge in [0, 0.05) is 10.6 Å². The molecule has 0 saturated carbocycles. The first-order valence-corrected chi connectivity index (χ1v) is 8.62. The molecule has 20 heavy (non-hydrogen) atoms. The fourth-order valence-corrected chi connectivity index (χ4v) is 3.61. The van der Waals surface area contributed by atoms with Gasteiger partial charge in [-0.1, -0.05) is 42.2 Å². The number of nitrogens with one attached hydrogen (secondary N) is 1. The Bertz CT molecular complexity index is 425. The average molecular weight is 290 g/mol. The molecule has 1 aliphatic rings. The highest BCUT2D eigenvalue weighted by molar-refractivity contribution is 7.99. The van der Waals surface area contributed by atoms with E-state index in [0.29, 0.717) is 6.04 Å². The summed E-state index contributed by atoms with van der Waals surface area (Å²) in [5.74, 6) is 6.78. The predicted octanol–water partition coefficient (Wildman–Crippen LogP) is 4.20. The molecule has 0 aliphatic heterocycles. The molecule has 2 rings (SSSR count). The van der Waals surface area contributed by atoms with Crippen LogP contribution in [0.4, 0.5) is 0 Å². The predicted molar refractivity (Wildman–Crippen MR) is 88.8 cm³/mol. The summed E-state index contributed by atoms with van der Waals surface area (Å²) in [5.41, 5.74) is 5.83. The largest absolute Gasteiger partial charge is 0.271 e. The Balaban J connectivity index is 1.92. The van der Waals surface area contributed by atoms with Crippen molar-refractivity contribution in [3.63, 3.8) is 0 Å². The van der Waals surface area contributed by atoms with E-state index in [1.807, 2.05) is 11.8 Å². The van der Waals surface area contributed by atoms with E-state index < -0.39 is 0 Å². The monoisotopic (exact) mass is 290 g/mol. The lowest BCUT2D eigenvalue weighted by atomic mass is 9.96. The molecule has 110 valence electrons. The molecule has 0 amide bonds. The van der Waals surface area contributed by atoms with E-state index >= 15 is 0 Å². The second-order valence-corrected chi connectivity index (χ2v) is 6.67. The summed E-state index contributed by atoms with van der Waals surface area (Å²) in [6.45, 7) is 2.12. The van der Waals surface area contributed by atoms with Crippen molar-refractivity contribution < 1.29 is 0 Å². The number of hydrogen-bond donors (Lipinski definition) is 2. The molecule has 3 N–H and O–H groups in total. The zero-order valence-corrected chi connectivity index (χ0v) is 13.2. The Morgan fingerprint density at radius 1 is 1.15 bits per heavy atom. The van der Waals surface area contributed by atoms with Gasteiger partial charge in [0.25, 0.3) is 0 Å². The second kappa shape index (κ2) is 8.50. The highest BCUT2D eigenvalue weighted by Crippen LogP contribution is 2.25. The van der Waals surface area contributed by atoms with E-state index in [1.54, 1.807) is 0 Å². The number of aryl methyl sites for hydroxylation is 1. The van der Waals surface area contributed by atoms with Crippen LogP contribution in [0.2, 0.25) is 0 Å². The molecule has 0 bridgehead atoms. The molecule has 2 nitrogen and oxygen atoms in total. The summed E-state index contributed by atoms with van der Waals surface area (Å²) < 4.78 is 0. The maximum Gasteiger partial charge on any atom is 0.0513 e. The van der Waals surface area contributed by atoms with Gasteiger partial charge in [0.2, 0.25) is 0 Å². The van der Waals surface area contributed by atoms with Crippen LogP contribution < -0.4 is 11.3 Å². The van der Waals surface area contributed by atoms with Gasteiger partial charge < -0.3 is 0 Å². The van der Waals surface area contributed by atoms with Crippen molar-refractivity contribution in [3.8, 4) is 0 Å². The average Bonchev–Trinajstić information content (AvgIpc) is 2.43. The van der Waals surface area contributed by atoms with Crippen LogP contribution in [0, 0.1) is 6.92 Å². The van der Waals surface area contributed by atoms with E-state index in [1.165, 1.54) is 54.6 Å². The second-order valence-electron chi connectivity index (χ2n) is 5.58. The minimum atomic E-state index is 0.305. The Labute approximate surface area is 127 Å². The molecule has 1 aromatic rings. The van der Waals surface area contributed by atoms with Crippen LogP contribution in [0.3, 0.4) is 0 Å². The van der Waals surface area contributed by atoms with Crippen molar-refractivity contribution in [3.05, 3.63) is 41.5 Å². The van der Waals surface area contributed by atoms with Gasteiger partial charge in [0.05, 0.1) is 6.04 Å². The van der Waals surface area contributed by atoms with Gasteiger partial charge in [-0.2, -0.15) is 0 Å². The van der Waals surface area contributed by atoms with E-state index in [2.05, 4.69) is 42.7 Å². The summed E-state index contributed by atoms with van der Waals surface area (Å²) in [6, 6.07) is 9.03. The third kappa shape index (κ3) is 4.97. The molecule has 3 heteroatoms. The minimum Gasteiger partial charge on any atom is -0.271 e. The number of thioether (sulfide) groups is 1. The van der Waals surface area contributed by atoms with Crippen molar-refractivity contribution in [2.75, 3.05) is 5.75 Å². The molecule has 1 atom stereocenters. The first-order chi connectivity index (χ1) is 9.79. The van der Waals surface area contributed by atoms with Crippen molar-refractivity contribution in [1.29, 1.82) is 0 Å². The number of hydrazine groups is 1. The van der Waals surface area contributed by atoms with Gasteiger partial charge >= 0.3 is 0 Å². The third-order valence-corrected chi connectivity index (χ3v) is 5.02. The summed E-state index contributed by atoms with van der Waals surface area (Å²) in [5, 5.41) is 0. The maximum atomic E-state index is 5.78. The summed E-state index contributed by atoms with van der Waals surface area (Å²) >= 11 is 1.88. The lowest BCUT2D eigenvalue weighted by molar-refractivity contribution is 0.567. The number of hydrogen-bond acceptors (Lipinski definition) is 3. The zero-order valence-electron chi connectivity index (χ0n) is 12.4. The fourth-order valence-electron chi connectivity index (χ4n) is 2.61. The zero-order chi connectivity index (χ0) is 14.2. The molecular weight excluding hydrogens is 264 g/mol. The standard InChI is InChI=1S/C17H26N2S/c1-14-9-11-16(12-10-14)20-13-17(19-18)15-7-5-3-2-4-6-8-15/h7,9-12,17,19H,2-6,8,13,18H2,1H3/b15-7+. The van der Waals surface area contributed by atoms with Crippen molar-refractivity contribution >= 4 is 11.8 Å². The molecule has 0 heterocycles. The molecule has 0 aromatic heterocycles. The van der Waals surface area contributed by atoms with E-state index in [4.69, 9.17) is 5.84 Å². The highest BCUT2D eigenvalue weighted by Gasteiger charge is 2.14. The molecule has 0 fully saturated rings. The van der Waals surface area contributed by atoms with E-state index in [9.17, 15) is 0 Å². The third-order valence-electron chi connectivity index (χ3n) is 3.91. The van der Waals surface area contributed by atoms with Crippen LogP contribution in [0.15, 0.2) is 40.8 Å². The lowest BCUT2D eigenvalue weighted by Crippen LogP contribution is -2.38. The molecule has 0 radical (unpaired) electrons. The minimum absolute atomic E-state index is 0.305. The molecule has 1 aliphatic carbocycles. The highest BCUT2D eigenvalue weighted by atomic mass is 32.2. The van der Waals surface area contributed by atoms with Crippen molar-refractivity contribution in [1.82, 2.24) is 5.43 Å². The van der Waals surface area contributed by atoms with Crippen LogP contribution >= 0.6 is 11.8 Å². The van der Waals surface area contributed by atoms with Crippen molar-refractivity contribution in [2.45, 2.75) is 56.4 Å². The van der Waals surface area contributed by atoms with Gasteiger partial charge in [-0.15, -0.1) is 11.8 Å². The van der Waals surface area contributed by atoms with Crippen LogP contribution in [-0.4, -0.2) is 11.8 Å². The van der Waals surface area contributed by atoms with Crippen LogP contribution in [-0.2, 0) is 0 Å². The summed E-state index contributed by atoms with van der Waals surface area (Å²) in [6.07, 6.45) is 10.2. The van der Waals surface area contributed by atoms with Crippen LogP contribution in [0.25, 0.3) is 0 Å². The Hall–Kier alpha value is -0.770. The van der Waals surface area contributed by atoms with Gasteiger partial charge in [-0.05, 0) is 44.7 Å². The Kier molecular flexibility index (Phi) is 6.64. The summed E-state index contributed by atoms with van der Waals surface area (Å²) in [4.78, 5) is 1.32. The van der Waals surface area contributed by atoms with Crippen LogP contribution in [0.5, 0.6) is 0 Å². The van der Waals surface area contributed by atoms with E-state index in [-0.39, 0.29) is 0 Å². The quantitative estimate of drug-likeness (QED) is 0.369. The topological polar surface area (TPSA) is 38.0 Å². The molecule has 1 unspecified atom stereocenters. The SMILES string of the molecule is Cc1ccc(SCC(NN)/C2=C/CCCCCC2)cc1. The number of allylic oxidation sites excluding steroid dienone is 1. The van der Waals surface area contributed by atoms with Crippen LogP contribution in [0.1, 0.15) is 44.1 Å². The number of benzene rings is 1. The van der Waals surface area contributed by atoms with Gasteiger partial charge in [0.15, 0.2) is 0 Å². The normalized spacial score (nSPS) is 20.6. The van der Waals surface area contributed by atoms with E-state index in [0.717, 1.165) is 5.75 Å². The first-order valence-electron chi connectivity index (χ1n) is 7.64. The van der Waals surface area contributed by atoms with Gasteiger partial charge in [0.1, 0.15) is 0 Å². The fraction of sp³-hybridized carbons (Fsp3) is 0.529. The molecule has 0 saturated heterocycles. The van der Waals surface area contributed by atoms with Gasteiger partial charge in [-0.25, -0.2) is 0 Å². The maximum absolute atomic E-state index is 5.78. The smallest absolute Gasteiger partial charge is 0.0513 e. The number of nitrogens with two attached hydrogens (primary N) is 1. The summed E-state index contributed by atoms with van der Waals surface area (Å²) in [7, 11) is 0. The van der Waals surface area contributed by atoms with Gasteiger partial charge in [-0.3, -0.25) is 11.3 Å². The molecule has 0 spiro atoms. The lowest BCUT2D eigenvalue weighted by Gasteiger charge is -2.21. The first kappa shape index (κ1) is 15.6.